The van der Waals surface area contributed by atoms with Gasteiger partial charge in [-0.1, -0.05) is 50.5 Å². The van der Waals surface area contributed by atoms with Gasteiger partial charge in [-0.2, -0.15) is 0 Å². The summed E-state index contributed by atoms with van der Waals surface area (Å²) in [7, 11) is 0. The zero-order valence-corrected chi connectivity index (χ0v) is 13.3. The summed E-state index contributed by atoms with van der Waals surface area (Å²) in [6.07, 6.45) is 20.0. The van der Waals surface area contributed by atoms with Crippen LogP contribution in [-0.4, -0.2) is 23.3 Å². The number of carboxylic acids is 1. The van der Waals surface area contributed by atoms with E-state index in [4.69, 9.17) is 9.84 Å². The lowest BCUT2D eigenvalue weighted by Crippen LogP contribution is -1.93. The van der Waals surface area contributed by atoms with Crippen molar-refractivity contribution in [2.75, 3.05) is 0 Å². The van der Waals surface area contributed by atoms with Crippen molar-refractivity contribution in [2.24, 2.45) is 0 Å². The molecule has 120 valence electrons. The Morgan fingerprint density at radius 1 is 1.00 bits per heavy atom. The minimum absolute atomic E-state index is 0.317. The van der Waals surface area contributed by atoms with Crippen LogP contribution in [-0.2, 0) is 9.53 Å². The fourth-order valence-electron chi connectivity index (χ4n) is 2.43. The molecule has 2 atom stereocenters. The average Bonchev–Trinajstić information content (AvgIpc) is 3.22. The van der Waals surface area contributed by atoms with Gasteiger partial charge in [0.1, 0.15) is 0 Å². The second kappa shape index (κ2) is 11.6. The van der Waals surface area contributed by atoms with E-state index in [9.17, 15) is 4.79 Å². The average molecular weight is 294 g/mol. The number of carbonyl (C=O) groups is 1. The zero-order valence-electron chi connectivity index (χ0n) is 13.3. The third-order valence-electron chi connectivity index (χ3n) is 3.83. The Hall–Kier alpha value is -1.09. The molecule has 0 aliphatic carbocycles. The van der Waals surface area contributed by atoms with Crippen LogP contribution in [0.25, 0.3) is 0 Å². The van der Waals surface area contributed by atoms with Gasteiger partial charge in [-0.15, -0.1) is 0 Å². The van der Waals surface area contributed by atoms with Gasteiger partial charge >= 0.3 is 5.97 Å². The fraction of sp³-hybridized carbons (Fsp3) is 0.722. The van der Waals surface area contributed by atoms with Crippen LogP contribution in [0, 0.1) is 0 Å². The van der Waals surface area contributed by atoms with Gasteiger partial charge in [-0.05, 0) is 38.5 Å². The Kier molecular flexibility index (Phi) is 9.88. The molecule has 0 amide bonds. The van der Waals surface area contributed by atoms with E-state index in [0.717, 1.165) is 44.9 Å². The molecular weight excluding hydrogens is 264 g/mol. The summed E-state index contributed by atoms with van der Waals surface area (Å²) < 4.78 is 5.48. The Bertz CT molecular complexity index is 333. The lowest BCUT2D eigenvalue weighted by atomic mass is 10.1. The van der Waals surface area contributed by atoms with Crippen molar-refractivity contribution in [3.63, 3.8) is 0 Å². The Labute approximate surface area is 129 Å². The molecule has 0 radical (unpaired) electrons. The Balaban J connectivity index is 1.80. The topological polar surface area (TPSA) is 49.8 Å². The van der Waals surface area contributed by atoms with Crippen LogP contribution < -0.4 is 0 Å². The van der Waals surface area contributed by atoms with Gasteiger partial charge in [0.2, 0.25) is 0 Å². The molecule has 1 heterocycles. The Morgan fingerprint density at radius 2 is 1.71 bits per heavy atom. The molecule has 0 aromatic carbocycles. The maximum absolute atomic E-state index is 10.3. The summed E-state index contributed by atoms with van der Waals surface area (Å²) in [5, 5.41) is 8.51. The third kappa shape index (κ3) is 10.3. The van der Waals surface area contributed by atoms with Crippen LogP contribution in [0.2, 0.25) is 0 Å². The van der Waals surface area contributed by atoms with Gasteiger partial charge in [0.05, 0.1) is 12.2 Å². The number of carboxylic acid groups (broad SMARTS) is 1. The van der Waals surface area contributed by atoms with E-state index in [1.165, 1.54) is 12.8 Å². The highest BCUT2D eigenvalue weighted by Gasteiger charge is 2.35. The number of ether oxygens (including phenoxy) is 1. The summed E-state index contributed by atoms with van der Waals surface area (Å²) in [6.45, 7) is 2.17. The molecule has 0 spiro atoms. The SMILES string of the molecule is CC[C@@H]1O[C@H]1C/C=C\C/C=C\CCCCCCCC(=O)O. The maximum atomic E-state index is 10.3. The van der Waals surface area contributed by atoms with Gasteiger partial charge in [0, 0.05) is 6.42 Å². The lowest BCUT2D eigenvalue weighted by Gasteiger charge is -1.98. The van der Waals surface area contributed by atoms with Crippen molar-refractivity contribution in [2.45, 2.75) is 83.3 Å². The molecule has 1 aliphatic rings. The molecule has 0 unspecified atom stereocenters. The molecule has 1 fully saturated rings. The molecular formula is C18H30O3. The largest absolute Gasteiger partial charge is 0.481 e. The van der Waals surface area contributed by atoms with E-state index in [2.05, 4.69) is 31.2 Å². The summed E-state index contributed by atoms with van der Waals surface area (Å²) in [5.74, 6) is -0.676. The number of unbranched alkanes of at least 4 members (excludes halogenated alkanes) is 5. The standard InChI is InChI=1S/C18H30O3/c1-2-16-17(21-16)14-12-10-8-6-4-3-5-7-9-11-13-15-18(19)20/h4,6,10,12,16-17H,2-3,5,7-9,11,13-15H2,1H3,(H,19,20)/b6-4-,12-10-/t16-,17-/m0/s1. The van der Waals surface area contributed by atoms with Crippen molar-refractivity contribution in [3.8, 4) is 0 Å². The smallest absolute Gasteiger partial charge is 0.303 e. The highest BCUT2D eigenvalue weighted by molar-refractivity contribution is 5.66. The number of allylic oxidation sites excluding steroid dienone is 3. The van der Waals surface area contributed by atoms with E-state index in [1.807, 2.05) is 0 Å². The summed E-state index contributed by atoms with van der Waals surface area (Å²) in [6, 6.07) is 0. The molecule has 0 aromatic heterocycles. The maximum Gasteiger partial charge on any atom is 0.303 e. The first-order chi connectivity index (χ1) is 10.2. The molecule has 1 N–H and O–H groups in total. The number of rotatable bonds is 13. The van der Waals surface area contributed by atoms with Crippen molar-refractivity contribution in [1.82, 2.24) is 0 Å². The molecule has 21 heavy (non-hydrogen) atoms. The van der Waals surface area contributed by atoms with Crippen LogP contribution >= 0.6 is 0 Å². The first-order valence-electron chi connectivity index (χ1n) is 8.41. The van der Waals surface area contributed by atoms with Gasteiger partial charge in [-0.25, -0.2) is 0 Å². The third-order valence-corrected chi connectivity index (χ3v) is 3.83. The highest BCUT2D eigenvalue weighted by Crippen LogP contribution is 2.28. The van der Waals surface area contributed by atoms with Gasteiger partial charge in [-0.3, -0.25) is 4.79 Å². The predicted octanol–water partition coefficient (Wildman–Crippen LogP) is 4.87. The van der Waals surface area contributed by atoms with Crippen molar-refractivity contribution in [1.29, 1.82) is 0 Å². The summed E-state index contributed by atoms with van der Waals surface area (Å²) >= 11 is 0. The number of hydrogen-bond donors (Lipinski definition) is 1. The molecule has 0 bridgehead atoms. The van der Waals surface area contributed by atoms with Crippen LogP contribution in [0.15, 0.2) is 24.3 Å². The summed E-state index contributed by atoms with van der Waals surface area (Å²) in [4.78, 5) is 10.3. The predicted molar refractivity (Wildman–Crippen MR) is 86.4 cm³/mol. The second-order valence-corrected chi connectivity index (χ2v) is 5.74. The van der Waals surface area contributed by atoms with Gasteiger partial charge in [0.25, 0.3) is 0 Å². The van der Waals surface area contributed by atoms with Crippen LogP contribution in [0.3, 0.4) is 0 Å². The molecule has 0 saturated carbocycles. The molecule has 1 aliphatic heterocycles. The normalized spacial score (nSPS) is 21.4. The first kappa shape index (κ1) is 18.0. The second-order valence-electron chi connectivity index (χ2n) is 5.74. The Morgan fingerprint density at radius 3 is 2.43 bits per heavy atom. The van der Waals surface area contributed by atoms with E-state index in [1.54, 1.807) is 0 Å². The molecule has 0 aromatic rings. The lowest BCUT2D eigenvalue weighted by molar-refractivity contribution is -0.137. The van der Waals surface area contributed by atoms with E-state index in [-0.39, 0.29) is 0 Å². The van der Waals surface area contributed by atoms with Crippen LogP contribution in [0.5, 0.6) is 0 Å². The van der Waals surface area contributed by atoms with E-state index < -0.39 is 5.97 Å². The highest BCUT2D eigenvalue weighted by atomic mass is 16.6. The van der Waals surface area contributed by atoms with Crippen LogP contribution in [0.1, 0.15) is 71.1 Å². The molecule has 3 heteroatoms. The number of hydrogen-bond acceptors (Lipinski definition) is 2. The summed E-state index contributed by atoms with van der Waals surface area (Å²) in [5.41, 5.74) is 0. The van der Waals surface area contributed by atoms with Gasteiger partial charge < -0.3 is 9.84 Å². The van der Waals surface area contributed by atoms with E-state index >= 15 is 0 Å². The van der Waals surface area contributed by atoms with Gasteiger partial charge in [0.15, 0.2) is 0 Å². The fourth-order valence-corrected chi connectivity index (χ4v) is 2.43. The molecule has 1 saturated heterocycles. The number of aliphatic carboxylic acids is 1. The van der Waals surface area contributed by atoms with Crippen molar-refractivity contribution < 1.29 is 14.6 Å². The monoisotopic (exact) mass is 294 g/mol. The molecule has 1 rings (SSSR count). The minimum atomic E-state index is -0.676. The number of epoxide rings is 1. The van der Waals surface area contributed by atoms with Crippen molar-refractivity contribution >= 4 is 5.97 Å². The quantitative estimate of drug-likeness (QED) is 0.299. The molecule has 3 nitrogen and oxygen atoms in total. The minimum Gasteiger partial charge on any atom is -0.481 e. The van der Waals surface area contributed by atoms with Crippen LogP contribution in [0.4, 0.5) is 0 Å². The van der Waals surface area contributed by atoms with E-state index in [0.29, 0.717) is 18.6 Å². The first-order valence-corrected chi connectivity index (χ1v) is 8.41. The van der Waals surface area contributed by atoms with Crippen molar-refractivity contribution in [3.05, 3.63) is 24.3 Å². The zero-order chi connectivity index (χ0) is 15.3.